The van der Waals surface area contributed by atoms with Gasteiger partial charge >= 0.3 is 6.09 Å². The Kier molecular flexibility index (Phi) is 6.72. The molecular weight excluding hydrogens is 294 g/mol. The molecule has 0 N–H and O–H groups in total. The number of carbonyl (C=O) groups excluding carboxylic acids is 1. The molecule has 134 valence electrons. The van der Waals surface area contributed by atoms with E-state index in [1.54, 1.807) is 4.90 Å². The molecule has 5 heteroatoms. The zero-order valence-corrected chi connectivity index (χ0v) is 15.2. The third kappa shape index (κ3) is 6.30. The molecule has 5 nitrogen and oxygen atoms in total. The molecule has 2 fully saturated rings. The number of unbranched alkanes of at least 4 members (excludes halogenated alkanes) is 1. The van der Waals surface area contributed by atoms with Gasteiger partial charge in [0.25, 0.3) is 0 Å². The van der Waals surface area contributed by atoms with Gasteiger partial charge in [0.2, 0.25) is 0 Å². The Morgan fingerprint density at radius 3 is 2.35 bits per heavy atom. The second kappa shape index (κ2) is 8.34. The number of nitrogens with zero attached hydrogens (tertiary/aromatic N) is 1. The van der Waals surface area contributed by atoms with Gasteiger partial charge in [0.15, 0.2) is 0 Å². The Hall–Kier alpha value is -0.810. The van der Waals surface area contributed by atoms with Crippen molar-refractivity contribution in [3.05, 3.63) is 0 Å². The van der Waals surface area contributed by atoms with Crippen LogP contribution < -0.4 is 0 Å². The molecule has 2 rings (SSSR count). The van der Waals surface area contributed by atoms with Crippen LogP contribution in [-0.4, -0.2) is 55.1 Å². The smallest absolute Gasteiger partial charge is 0.410 e. The first-order valence-electron chi connectivity index (χ1n) is 9.08. The molecule has 1 aliphatic heterocycles. The summed E-state index contributed by atoms with van der Waals surface area (Å²) in [6, 6.07) is 0. The van der Waals surface area contributed by atoms with Crippen LogP contribution in [0.4, 0.5) is 4.79 Å². The van der Waals surface area contributed by atoms with Gasteiger partial charge in [-0.05, 0) is 52.4 Å². The largest absolute Gasteiger partial charge is 0.444 e. The molecule has 0 aromatic heterocycles. The number of likely N-dealkylation sites (tertiary alicyclic amines) is 1. The highest BCUT2D eigenvalue weighted by atomic mass is 16.6. The Balaban J connectivity index is 1.45. The van der Waals surface area contributed by atoms with E-state index in [1.807, 2.05) is 20.8 Å². The van der Waals surface area contributed by atoms with Crippen molar-refractivity contribution in [3.63, 3.8) is 0 Å². The van der Waals surface area contributed by atoms with Crippen molar-refractivity contribution in [2.24, 2.45) is 5.92 Å². The van der Waals surface area contributed by atoms with Crippen molar-refractivity contribution in [2.45, 2.75) is 77.6 Å². The Morgan fingerprint density at radius 2 is 1.74 bits per heavy atom. The zero-order valence-electron chi connectivity index (χ0n) is 15.2. The van der Waals surface area contributed by atoms with E-state index in [0.717, 1.165) is 25.6 Å². The molecule has 0 unspecified atom stereocenters. The highest BCUT2D eigenvalue weighted by Gasteiger charge is 2.35. The normalized spacial score (nSPS) is 25.0. The standard InChI is InChI=1S/C18H33NO4/c1-5-6-8-21-15-10-14(11-15)7-9-22-16-12-19(13-16)17(20)23-18(2,3)4/h14-16H,5-13H2,1-4H3. The maximum Gasteiger partial charge on any atom is 0.410 e. The second-order valence-corrected chi connectivity index (χ2v) is 7.85. The van der Waals surface area contributed by atoms with E-state index in [2.05, 4.69) is 6.92 Å². The highest BCUT2D eigenvalue weighted by molar-refractivity contribution is 5.69. The van der Waals surface area contributed by atoms with E-state index >= 15 is 0 Å². The number of ether oxygens (including phenoxy) is 3. The van der Waals surface area contributed by atoms with Crippen LogP contribution in [-0.2, 0) is 14.2 Å². The average Bonchev–Trinajstić information content (AvgIpc) is 2.34. The summed E-state index contributed by atoms with van der Waals surface area (Å²) in [5.74, 6) is 0.753. The molecule has 0 bridgehead atoms. The molecule has 23 heavy (non-hydrogen) atoms. The van der Waals surface area contributed by atoms with Crippen molar-refractivity contribution in [1.82, 2.24) is 4.90 Å². The van der Waals surface area contributed by atoms with Gasteiger partial charge in [0.05, 0.1) is 25.3 Å². The van der Waals surface area contributed by atoms with Crippen molar-refractivity contribution in [3.8, 4) is 0 Å². The van der Waals surface area contributed by atoms with Crippen molar-refractivity contribution < 1.29 is 19.0 Å². The summed E-state index contributed by atoms with van der Waals surface area (Å²) in [5, 5.41) is 0. The minimum absolute atomic E-state index is 0.180. The van der Waals surface area contributed by atoms with E-state index in [9.17, 15) is 4.79 Å². The number of carbonyl (C=O) groups is 1. The predicted octanol–water partition coefficient (Wildman–Crippen LogP) is 3.61. The van der Waals surface area contributed by atoms with Crippen LogP contribution in [0, 0.1) is 5.92 Å². The van der Waals surface area contributed by atoms with Crippen LogP contribution in [0.3, 0.4) is 0 Å². The fraction of sp³-hybridized carbons (Fsp3) is 0.944. The topological polar surface area (TPSA) is 48.0 Å². The van der Waals surface area contributed by atoms with Gasteiger partial charge < -0.3 is 19.1 Å². The second-order valence-electron chi connectivity index (χ2n) is 7.85. The first-order valence-corrected chi connectivity index (χ1v) is 9.08. The number of rotatable bonds is 8. The molecule has 0 aromatic rings. The summed E-state index contributed by atoms with van der Waals surface area (Å²) < 4.78 is 17.0. The first-order chi connectivity index (χ1) is 10.9. The summed E-state index contributed by atoms with van der Waals surface area (Å²) >= 11 is 0. The lowest BCUT2D eigenvalue weighted by molar-refractivity contribution is -0.0770. The Bertz CT molecular complexity index is 368. The average molecular weight is 327 g/mol. The quantitative estimate of drug-likeness (QED) is 0.639. The molecule has 2 aliphatic rings. The van der Waals surface area contributed by atoms with Crippen LogP contribution in [0.1, 0.15) is 59.8 Å². The molecule has 1 saturated carbocycles. The van der Waals surface area contributed by atoms with Crippen molar-refractivity contribution in [1.29, 1.82) is 0 Å². The summed E-state index contributed by atoms with van der Waals surface area (Å²) in [6.45, 7) is 10.9. The van der Waals surface area contributed by atoms with E-state index in [0.29, 0.717) is 19.2 Å². The molecule has 0 aromatic carbocycles. The van der Waals surface area contributed by atoms with Gasteiger partial charge in [-0.3, -0.25) is 0 Å². The van der Waals surface area contributed by atoms with Crippen LogP contribution >= 0.6 is 0 Å². The summed E-state index contributed by atoms with van der Waals surface area (Å²) in [6.07, 6.45) is 6.27. The SMILES string of the molecule is CCCCOC1CC(CCOC2CN(C(=O)OC(C)(C)C)C2)C1. The predicted molar refractivity (Wildman–Crippen MR) is 89.5 cm³/mol. The minimum atomic E-state index is -0.428. The molecule has 0 spiro atoms. The fourth-order valence-electron chi connectivity index (χ4n) is 2.86. The Labute approximate surface area is 140 Å². The number of hydrogen-bond acceptors (Lipinski definition) is 4. The van der Waals surface area contributed by atoms with E-state index in [-0.39, 0.29) is 12.2 Å². The van der Waals surface area contributed by atoms with Gasteiger partial charge in [0, 0.05) is 13.2 Å². The zero-order chi connectivity index (χ0) is 16.9. The van der Waals surface area contributed by atoms with Gasteiger partial charge in [0.1, 0.15) is 5.60 Å². The third-order valence-corrected chi connectivity index (χ3v) is 4.42. The van der Waals surface area contributed by atoms with Gasteiger partial charge in [-0.25, -0.2) is 4.79 Å². The molecule has 0 atom stereocenters. The molecular formula is C18H33NO4. The number of hydrogen-bond donors (Lipinski definition) is 0. The highest BCUT2D eigenvalue weighted by Crippen LogP contribution is 2.33. The lowest BCUT2D eigenvalue weighted by atomic mass is 9.80. The Morgan fingerprint density at radius 1 is 1.09 bits per heavy atom. The van der Waals surface area contributed by atoms with E-state index in [1.165, 1.54) is 25.7 Å². The molecule has 1 saturated heterocycles. The minimum Gasteiger partial charge on any atom is -0.444 e. The third-order valence-electron chi connectivity index (χ3n) is 4.42. The lowest BCUT2D eigenvalue weighted by Crippen LogP contribution is -2.56. The molecule has 1 aliphatic carbocycles. The van der Waals surface area contributed by atoms with E-state index < -0.39 is 5.60 Å². The molecule has 1 heterocycles. The molecule has 0 radical (unpaired) electrons. The fourth-order valence-corrected chi connectivity index (χ4v) is 2.86. The summed E-state index contributed by atoms with van der Waals surface area (Å²) in [4.78, 5) is 13.5. The first kappa shape index (κ1) is 18.5. The maximum atomic E-state index is 11.8. The lowest BCUT2D eigenvalue weighted by Gasteiger charge is -2.40. The van der Waals surface area contributed by atoms with Crippen molar-refractivity contribution in [2.75, 3.05) is 26.3 Å². The van der Waals surface area contributed by atoms with Crippen LogP contribution in [0.25, 0.3) is 0 Å². The summed E-state index contributed by atoms with van der Waals surface area (Å²) in [5.41, 5.74) is -0.428. The van der Waals surface area contributed by atoms with Crippen LogP contribution in [0.15, 0.2) is 0 Å². The van der Waals surface area contributed by atoms with Crippen LogP contribution in [0.2, 0.25) is 0 Å². The maximum absolute atomic E-state index is 11.8. The van der Waals surface area contributed by atoms with Gasteiger partial charge in [-0.1, -0.05) is 13.3 Å². The monoisotopic (exact) mass is 327 g/mol. The van der Waals surface area contributed by atoms with Gasteiger partial charge in [-0.15, -0.1) is 0 Å². The number of amides is 1. The van der Waals surface area contributed by atoms with Gasteiger partial charge in [-0.2, -0.15) is 0 Å². The van der Waals surface area contributed by atoms with E-state index in [4.69, 9.17) is 14.2 Å². The molecule has 1 amide bonds. The van der Waals surface area contributed by atoms with Crippen LogP contribution in [0.5, 0.6) is 0 Å². The van der Waals surface area contributed by atoms with Crippen molar-refractivity contribution >= 4 is 6.09 Å². The summed E-state index contributed by atoms with van der Waals surface area (Å²) in [7, 11) is 0.